The van der Waals surface area contributed by atoms with Crippen LogP contribution in [0.25, 0.3) is 0 Å². The fraction of sp³-hybridized carbons (Fsp3) is 0.222. The van der Waals surface area contributed by atoms with Gasteiger partial charge in [-0.25, -0.2) is 4.79 Å². The molecular formula is C18H19N3O2. The lowest BCUT2D eigenvalue weighted by Crippen LogP contribution is -2.34. The van der Waals surface area contributed by atoms with Gasteiger partial charge in [0.1, 0.15) is 12.4 Å². The molecule has 2 aromatic rings. The molecule has 2 rings (SSSR count). The topological polar surface area (TPSA) is 65.4 Å². The van der Waals surface area contributed by atoms with Crippen molar-refractivity contribution >= 4 is 11.7 Å². The maximum absolute atomic E-state index is 12.0. The Morgan fingerprint density at radius 3 is 2.43 bits per heavy atom. The largest absolute Gasteiger partial charge is 0.492 e. The molecule has 5 nitrogen and oxygen atoms in total. The summed E-state index contributed by atoms with van der Waals surface area (Å²) in [5.74, 6) is 0.788. The summed E-state index contributed by atoms with van der Waals surface area (Å²) in [5, 5.41) is 11.5. The fourth-order valence-electron chi connectivity index (χ4n) is 1.88. The third kappa shape index (κ3) is 5.04. The SMILES string of the molecule is Cc1ccc(OCCN(C)C(=O)Nc2ccc(C#N)cc2)cc1. The zero-order chi connectivity index (χ0) is 16.7. The third-order valence-electron chi connectivity index (χ3n) is 3.33. The van der Waals surface area contributed by atoms with Crippen molar-refractivity contribution < 1.29 is 9.53 Å². The number of nitrogens with zero attached hydrogens (tertiary/aromatic N) is 2. The van der Waals surface area contributed by atoms with Gasteiger partial charge in [-0.3, -0.25) is 0 Å². The highest BCUT2D eigenvalue weighted by atomic mass is 16.5. The molecule has 0 aliphatic rings. The second-order valence-corrected chi connectivity index (χ2v) is 5.20. The van der Waals surface area contributed by atoms with E-state index < -0.39 is 0 Å². The molecule has 0 aliphatic carbocycles. The van der Waals surface area contributed by atoms with Crippen LogP contribution in [0.3, 0.4) is 0 Å². The van der Waals surface area contributed by atoms with Gasteiger partial charge in [0.25, 0.3) is 0 Å². The molecule has 0 aromatic heterocycles. The van der Waals surface area contributed by atoms with Crippen LogP contribution < -0.4 is 10.1 Å². The van der Waals surface area contributed by atoms with E-state index in [1.165, 1.54) is 5.56 Å². The van der Waals surface area contributed by atoms with Crippen LogP contribution in [0.1, 0.15) is 11.1 Å². The average molecular weight is 309 g/mol. The number of ether oxygens (including phenoxy) is 1. The molecule has 118 valence electrons. The van der Waals surface area contributed by atoms with Crippen molar-refractivity contribution in [1.82, 2.24) is 4.90 Å². The first-order chi connectivity index (χ1) is 11.1. The van der Waals surface area contributed by atoms with E-state index in [2.05, 4.69) is 5.32 Å². The zero-order valence-corrected chi connectivity index (χ0v) is 13.2. The Morgan fingerprint density at radius 2 is 1.83 bits per heavy atom. The van der Waals surface area contributed by atoms with Crippen molar-refractivity contribution in [2.45, 2.75) is 6.92 Å². The number of aryl methyl sites for hydroxylation is 1. The number of carbonyl (C=O) groups is 1. The lowest BCUT2D eigenvalue weighted by Gasteiger charge is -2.18. The van der Waals surface area contributed by atoms with E-state index in [0.29, 0.717) is 24.4 Å². The summed E-state index contributed by atoms with van der Waals surface area (Å²) in [6.07, 6.45) is 0. The number of likely N-dealkylation sites (N-methyl/N-ethyl adjacent to an activating group) is 1. The minimum atomic E-state index is -0.220. The molecule has 0 fully saturated rings. The van der Waals surface area contributed by atoms with Crippen molar-refractivity contribution in [2.24, 2.45) is 0 Å². The zero-order valence-electron chi connectivity index (χ0n) is 13.2. The summed E-state index contributed by atoms with van der Waals surface area (Å²) in [6, 6.07) is 16.3. The Labute approximate surface area is 136 Å². The molecule has 0 aliphatic heterocycles. The van der Waals surface area contributed by atoms with Gasteiger partial charge in [0.05, 0.1) is 18.2 Å². The summed E-state index contributed by atoms with van der Waals surface area (Å²) in [5.41, 5.74) is 2.39. The maximum Gasteiger partial charge on any atom is 0.321 e. The number of nitriles is 1. The smallest absolute Gasteiger partial charge is 0.321 e. The van der Waals surface area contributed by atoms with Crippen molar-refractivity contribution in [3.05, 3.63) is 59.7 Å². The van der Waals surface area contributed by atoms with Crippen LogP contribution in [-0.2, 0) is 0 Å². The molecule has 0 saturated heterocycles. The number of nitrogens with one attached hydrogen (secondary N) is 1. The molecule has 1 N–H and O–H groups in total. The van der Waals surface area contributed by atoms with Gasteiger partial charge in [0, 0.05) is 12.7 Å². The number of hydrogen-bond donors (Lipinski definition) is 1. The van der Waals surface area contributed by atoms with Crippen LogP contribution in [0.4, 0.5) is 10.5 Å². The van der Waals surface area contributed by atoms with Gasteiger partial charge < -0.3 is 15.0 Å². The molecule has 0 radical (unpaired) electrons. The van der Waals surface area contributed by atoms with Crippen LogP contribution in [0.15, 0.2) is 48.5 Å². The molecule has 5 heteroatoms. The molecule has 2 amide bonds. The van der Waals surface area contributed by atoms with Crippen LogP contribution in [0.2, 0.25) is 0 Å². The first-order valence-electron chi connectivity index (χ1n) is 7.30. The molecule has 0 atom stereocenters. The highest BCUT2D eigenvalue weighted by Crippen LogP contribution is 2.12. The minimum Gasteiger partial charge on any atom is -0.492 e. The second-order valence-electron chi connectivity index (χ2n) is 5.20. The third-order valence-corrected chi connectivity index (χ3v) is 3.33. The Balaban J connectivity index is 1.78. The summed E-state index contributed by atoms with van der Waals surface area (Å²) in [7, 11) is 1.71. The molecule has 2 aromatic carbocycles. The summed E-state index contributed by atoms with van der Waals surface area (Å²) in [6.45, 7) is 2.90. The van der Waals surface area contributed by atoms with E-state index in [-0.39, 0.29) is 6.03 Å². The van der Waals surface area contributed by atoms with Crippen molar-refractivity contribution in [1.29, 1.82) is 5.26 Å². The van der Waals surface area contributed by atoms with Gasteiger partial charge >= 0.3 is 6.03 Å². The first-order valence-corrected chi connectivity index (χ1v) is 7.30. The number of benzene rings is 2. The Hall–Kier alpha value is -3.00. The van der Waals surface area contributed by atoms with Gasteiger partial charge in [-0.15, -0.1) is 0 Å². The van der Waals surface area contributed by atoms with Crippen LogP contribution in [0.5, 0.6) is 5.75 Å². The Bertz CT molecular complexity index is 688. The number of hydrogen-bond acceptors (Lipinski definition) is 3. The number of urea groups is 1. The molecule has 0 spiro atoms. The van der Waals surface area contributed by atoms with Crippen LogP contribution >= 0.6 is 0 Å². The molecule has 23 heavy (non-hydrogen) atoms. The highest BCUT2D eigenvalue weighted by molar-refractivity contribution is 5.89. The molecule has 0 bridgehead atoms. The van der Waals surface area contributed by atoms with Crippen molar-refractivity contribution in [2.75, 3.05) is 25.5 Å². The van der Waals surface area contributed by atoms with E-state index in [0.717, 1.165) is 5.75 Å². The van der Waals surface area contributed by atoms with Gasteiger partial charge in [-0.05, 0) is 43.3 Å². The van der Waals surface area contributed by atoms with E-state index in [1.54, 1.807) is 36.2 Å². The second kappa shape index (κ2) is 7.85. The number of amides is 2. The van der Waals surface area contributed by atoms with E-state index in [4.69, 9.17) is 10.00 Å². The Morgan fingerprint density at radius 1 is 1.17 bits per heavy atom. The Kier molecular flexibility index (Phi) is 5.59. The number of rotatable bonds is 5. The average Bonchev–Trinajstić information content (AvgIpc) is 2.57. The normalized spacial score (nSPS) is 9.78. The number of anilines is 1. The van der Waals surface area contributed by atoms with Gasteiger partial charge in [0.2, 0.25) is 0 Å². The minimum absolute atomic E-state index is 0.220. The van der Waals surface area contributed by atoms with Gasteiger partial charge in [-0.2, -0.15) is 5.26 Å². The highest BCUT2D eigenvalue weighted by Gasteiger charge is 2.08. The van der Waals surface area contributed by atoms with Gasteiger partial charge in [-0.1, -0.05) is 17.7 Å². The van der Waals surface area contributed by atoms with E-state index in [9.17, 15) is 4.79 Å². The molecule has 0 unspecified atom stereocenters. The van der Waals surface area contributed by atoms with Crippen molar-refractivity contribution in [3.8, 4) is 11.8 Å². The van der Waals surface area contributed by atoms with Crippen molar-refractivity contribution in [3.63, 3.8) is 0 Å². The van der Waals surface area contributed by atoms with E-state index >= 15 is 0 Å². The predicted octanol–water partition coefficient (Wildman–Crippen LogP) is 3.41. The summed E-state index contributed by atoms with van der Waals surface area (Å²) >= 11 is 0. The maximum atomic E-state index is 12.0. The quantitative estimate of drug-likeness (QED) is 0.920. The monoisotopic (exact) mass is 309 g/mol. The molecule has 0 heterocycles. The number of carbonyl (C=O) groups excluding carboxylic acids is 1. The first kappa shape index (κ1) is 16.4. The molecular weight excluding hydrogens is 290 g/mol. The molecule has 0 saturated carbocycles. The lowest BCUT2D eigenvalue weighted by molar-refractivity contribution is 0.207. The standard InChI is InChI=1S/C18H19N3O2/c1-14-3-9-17(10-4-14)23-12-11-21(2)18(22)20-16-7-5-15(13-19)6-8-16/h3-10H,11-12H2,1-2H3,(H,20,22). The van der Waals surface area contributed by atoms with Crippen LogP contribution in [0, 0.1) is 18.3 Å². The summed E-state index contributed by atoms with van der Waals surface area (Å²) < 4.78 is 5.60. The fourth-order valence-corrected chi connectivity index (χ4v) is 1.88. The van der Waals surface area contributed by atoms with E-state index in [1.807, 2.05) is 37.3 Å². The summed E-state index contributed by atoms with van der Waals surface area (Å²) in [4.78, 5) is 13.6. The van der Waals surface area contributed by atoms with Gasteiger partial charge in [0.15, 0.2) is 0 Å². The lowest BCUT2D eigenvalue weighted by atomic mass is 10.2. The van der Waals surface area contributed by atoms with Crippen LogP contribution in [-0.4, -0.2) is 31.1 Å². The predicted molar refractivity (Wildman–Crippen MR) is 89.5 cm³/mol.